The minimum Gasteiger partial charge on any atom is -0.374 e. The number of morpholine rings is 1. The van der Waals surface area contributed by atoms with Gasteiger partial charge >= 0.3 is 0 Å². The molecule has 5 nitrogen and oxygen atoms in total. The van der Waals surface area contributed by atoms with Crippen LogP contribution in [0, 0.1) is 0 Å². The van der Waals surface area contributed by atoms with Gasteiger partial charge in [0.25, 0.3) is 0 Å². The number of aryl methyl sites for hydroxylation is 2. The van der Waals surface area contributed by atoms with Gasteiger partial charge in [0.1, 0.15) is 0 Å². The third-order valence-corrected chi connectivity index (χ3v) is 4.56. The van der Waals surface area contributed by atoms with Gasteiger partial charge in [-0.2, -0.15) is 5.10 Å². The number of likely N-dealkylation sites (N-methyl/N-ethyl adjacent to an activating group) is 2. The number of nitrogens with one attached hydrogen (secondary N) is 1. The van der Waals surface area contributed by atoms with Crippen LogP contribution in [-0.4, -0.2) is 60.1 Å². The van der Waals surface area contributed by atoms with E-state index in [1.807, 2.05) is 11.7 Å². The summed E-state index contributed by atoms with van der Waals surface area (Å²) in [6.45, 7) is 7.88. The standard InChI is InChI=1S/C15H27ClN4O/c1-5-11-15(16)13(20(4)18-11)9-12(17-6-2)14-10-19(3)7-8-21-14/h12,14,17H,5-10H2,1-4H3. The monoisotopic (exact) mass is 314 g/mol. The fourth-order valence-corrected chi connectivity index (χ4v) is 3.27. The summed E-state index contributed by atoms with van der Waals surface area (Å²) in [7, 11) is 4.11. The lowest BCUT2D eigenvalue weighted by Crippen LogP contribution is -2.52. The van der Waals surface area contributed by atoms with Crippen molar-refractivity contribution >= 4 is 11.6 Å². The van der Waals surface area contributed by atoms with Crippen LogP contribution < -0.4 is 5.32 Å². The molecule has 2 heterocycles. The summed E-state index contributed by atoms with van der Waals surface area (Å²) < 4.78 is 7.89. The van der Waals surface area contributed by atoms with Gasteiger partial charge in [0.05, 0.1) is 29.1 Å². The van der Waals surface area contributed by atoms with E-state index in [2.05, 4.69) is 36.2 Å². The average Bonchev–Trinajstić information content (AvgIpc) is 2.74. The number of hydrogen-bond donors (Lipinski definition) is 1. The molecule has 0 bridgehead atoms. The van der Waals surface area contributed by atoms with E-state index in [0.29, 0.717) is 0 Å². The summed E-state index contributed by atoms with van der Waals surface area (Å²) in [6, 6.07) is 0.260. The molecule has 1 aromatic heterocycles. The molecule has 1 aliphatic heterocycles. The molecule has 0 aliphatic carbocycles. The fraction of sp³-hybridized carbons (Fsp3) is 0.800. The smallest absolute Gasteiger partial charge is 0.0858 e. The third kappa shape index (κ3) is 3.97. The number of nitrogens with zero attached hydrogens (tertiary/aromatic N) is 3. The Morgan fingerprint density at radius 3 is 2.76 bits per heavy atom. The van der Waals surface area contributed by atoms with Gasteiger partial charge in [-0.1, -0.05) is 25.4 Å². The highest BCUT2D eigenvalue weighted by Crippen LogP contribution is 2.23. The first-order valence-corrected chi connectivity index (χ1v) is 8.18. The Hall–Kier alpha value is -0.620. The van der Waals surface area contributed by atoms with E-state index in [1.165, 1.54) is 0 Å². The predicted molar refractivity (Wildman–Crippen MR) is 86.0 cm³/mol. The quantitative estimate of drug-likeness (QED) is 0.864. The Kier molecular flexibility index (Phi) is 6.05. The van der Waals surface area contributed by atoms with E-state index >= 15 is 0 Å². The Morgan fingerprint density at radius 2 is 2.19 bits per heavy atom. The van der Waals surface area contributed by atoms with Crippen LogP contribution in [0.2, 0.25) is 5.02 Å². The highest BCUT2D eigenvalue weighted by atomic mass is 35.5. The van der Waals surface area contributed by atoms with Gasteiger partial charge in [0.2, 0.25) is 0 Å². The normalized spacial score (nSPS) is 21.7. The molecule has 1 N–H and O–H groups in total. The fourth-order valence-electron chi connectivity index (χ4n) is 2.90. The number of aromatic nitrogens is 2. The Balaban J connectivity index is 2.14. The zero-order valence-corrected chi connectivity index (χ0v) is 14.3. The molecule has 2 rings (SSSR count). The number of ether oxygens (including phenoxy) is 1. The minimum absolute atomic E-state index is 0.194. The summed E-state index contributed by atoms with van der Waals surface area (Å²) >= 11 is 6.48. The Bertz CT molecular complexity index is 463. The largest absolute Gasteiger partial charge is 0.374 e. The zero-order chi connectivity index (χ0) is 15.4. The van der Waals surface area contributed by atoms with Gasteiger partial charge in [-0.15, -0.1) is 0 Å². The SMILES string of the molecule is CCNC(Cc1c(Cl)c(CC)nn1C)C1CN(C)CCO1. The van der Waals surface area contributed by atoms with Crippen LogP contribution in [0.15, 0.2) is 0 Å². The van der Waals surface area contributed by atoms with Gasteiger partial charge in [-0.3, -0.25) is 4.68 Å². The molecule has 2 atom stereocenters. The van der Waals surface area contributed by atoms with Crippen LogP contribution in [-0.2, 0) is 24.6 Å². The van der Waals surface area contributed by atoms with Crippen molar-refractivity contribution in [3.05, 3.63) is 16.4 Å². The highest BCUT2D eigenvalue weighted by molar-refractivity contribution is 6.31. The average molecular weight is 315 g/mol. The molecule has 0 spiro atoms. The third-order valence-electron chi connectivity index (χ3n) is 4.13. The molecule has 0 aromatic carbocycles. The molecule has 1 aromatic rings. The van der Waals surface area contributed by atoms with Crippen molar-refractivity contribution < 1.29 is 4.74 Å². The summed E-state index contributed by atoms with van der Waals surface area (Å²) in [4.78, 5) is 2.32. The van der Waals surface area contributed by atoms with Gasteiger partial charge in [-0.05, 0) is 20.0 Å². The second-order valence-electron chi connectivity index (χ2n) is 5.72. The summed E-state index contributed by atoms with van der Waals surface area (Å²) in [5.74, 6) is 0. The van der Waals surface area contributed by atoms with Gasteiger partial charge in [0, 0.05) is 32.6 Å². The molecule has 6 heteroatoms. The maximum Gasteiger partial charge on any atom is 0.0858 e. The van der Waals surface area contributed by atoms with Crippen LogP contribution >= 0.6 is 11.6 Å². The number of hydrogen-bond acceptors (Lipinski definition) is 4. The van der Waals surface area contributed by atoms with E-state index in [0.717, 1.165) is 55.5 Å². The van der Waals surface area contributed by atoms with Crippen molar-refractivity contribution in [1.82, 2.24) is 20.0 Å². The van der Waals surface area contributed by atoms with E-state index in [1.54, 1.807) is 0 Å². The van der Waals surface area contributed by atoms with E-state index < -0.39 is 0 Å². The van der Waals surface area contributed by atoms with Crippen LogP contribution in [0.1, 0.15) is 25.2 Å². The first-order chi connectivity index (χ1) is 10.1. The number of rotatable bonds is 6. The van der Waals surface area contributed by atoms with Crippen molar-refractivity contribution in [2.24, 2.45) is 7.05 Å². The number of halogens is 1. The molecular formula is C15H27ClN4O. The van der Waals surface area contributed by atoms with Crippen LogP contribution in [0.4, 0.5) is 0 Å². The molecule has 1 fully saturated rings. The maximum absolute atomic E-state index is 6.48. The Morgan fingerprint density at radius 1 is 1.43 bits per heavy atom. The molecule has 0 radical (unpaired) electrons. The highest BCUT2D eigenvalue weighted by Gasteiger charge is 2.28. The van der Waals surface area contributed by atoms with Crippen LogP contribution in [0.3, 0.4) is 0 Å². The van der Waals surface area contributed by atoms with Crippen LogP contribution in [0.5, 0.6) is 0 Å². The summed E-state index contributed by atoms with van der Waals surface area (Å²) in [5.41, 5.74) is 2.07. The van der Waals surface area contributed by atoms with Crippen molar-refractivity contribution in [3.63, 3.8) is 0 Å². The van der Waals surface area contributed by atoms with E-state index in [9.17, 15) is 0 Å². The maximum atomic E-state index is 6.48. The zero-order valence-electron chi connectivity index (χ0n) is 13.5. The van der Waals surface area contributed by atoms with Crippen molar-refractivity contribution in [2.75, 3.05) is 33.3 Å². The lowest BCUT2D eigenvalue weighted by Gasteiger charge is -2.35. The second-order valence-corrected chi connectivity index (χ2v) is 6.10. The van der Waals surface area contributed by atoms with Gasteiger partial charge < -0.3 is 15.0 Å². The molecule has 1 saturated heterocycles. The molecule has 1 aliphatic rings. The second kappa shape index (κ2) is 7.58. The lowest BCUT2D eigenvalue weighted by molar-refractivity contribution is -0.0384. The summed E-state index contributed by atoms with van der Waals surface area (Å²) in [6.07, 6.45) is 1.90. The first-order valence-electron chi connectivity index (χ1n) is 7.80. The topological polar surface area (TPSA) is 42.3 Å². The van der Waals surface area contributed by atoms with E-state index in [-0.39, 0.29) is 12.1 Å². The van der Waals surface area contributed by atoms with E-state index in [4.69, 9.17) is 16.3 Å². The van der Waals surface area contributed by atoms with Crippen molar-refractivity contribution in [3.8, 4) is 0 Å². The molecule has 2 unspecified atom stereocenters. The lowest BCUT2D eigenvalue weighted by atomic mass is 10.0. The molecule has 21 heavy (non-hydrogen) atoms. The molecule has 120 valence electrons. The van der Waals surface area contributed by atoms with Crippen LogP contribution in [0.25, 0.3) is 0 Å². The summed E-state index contributed by atoms with van der Waals surface area (Å²) in [5, 5.41) is 8.87. The molecular weight excluding hydrogens is 288 g/mol. The Labute approximate surface area is 132 Å². The minimum atomic E-state index is 0.194. The first kappa shape index (κ1) is 16.7. The van der Waals surface area contributed by atoms with Gasteiger partial charge in [0.15, 0.2) is 0 Å². The predicted octanol–water partition coefficient (Wildman–Crippen LogP) is 1.49. The molecule has 0 saturated carbocycles. The van der Waals surface area contributed by atoms with Gasteiger partial charge in [-0.25, -0.2) is 0 Å². The van der Waals surface area contributed by atoms with Crippen molar-refractivity contribution in [2.45, 2.75) is 38.8 Å². The van der Waals surface area contributed by atoms with Crippen molar-refractivity contribution in [1.29, 1.82) is 0 Å². The molecule has 0 amide bonds.